The smallest absolute Gasteiger partial charge is 0.275 e. The summed E-state index contributed by atoms with van der Waals surface area (Å²) in [5.74, 6) is 0.651. The van der Waals surface area contributed by atoms with Gasteiger partial charge in [0, 0.05) is 16.2 Å². The van der Waals surface area contributed by atoms with Gasteiger partial charge < -0.3 is 0 Å². The van der Waals surface area contributed by atoms with E-state index in [9.17, 15) is 8.78 Å². The highest BCUT2D eigenvalue weighted by molar-refractivity contribution is 9.10. The number of hydrogen-bond acceptors (Lipinski definition) is 3. The summed E-state index contributed by atoms with van der Waals surface area (Å²) < 4.78 is 29.7. The molecule has 2 heterocycles. The van der Waals surface area contributed by atoms with Crippen molar-refractivity contribution in [3.05, 3.63) is 82.0 Å². The molecule has 0 unspecified atom stereocenters. The average molecular weight is 443 g/mol. The van der Waals surface area contributed by atoms with Crippen molar-refractivity contribution in [1.82, 2.24) is 19.5 Å². The van der Waals surface area contributed by atoms with Gasteiger partial charge in [-0.2, -0.15) is 0 Å². The quantitative estimate of drug-likeness (QED) is 0.403. The Kier molecular flexibility index (Phi) is 5.17. The van der Waals surface area contributed by atoms with Crippen LogP contribution in [0.2, 0.25) is 0 Å². The summed E-state index contributed by atoms with van der Waals surface area (Å²) in [7, 11) is 0. The SMILES string of the molecule is Cc1nc(CCc2cccc(Br)c2)cc(-n2c(C(F)F)nc3ccccc32)n1. The van der Waals surface area contributed by atoms with Crippen molar-refractivity contribution in [1.29, 1.82) is 0 Å². The van der Waals surface area contributed by atoms with Crippen LogP contribution in [0.3, 0.4) is 0 Å². The maximum atomic E-state index is 13.6. The average Bonchev–Trinajstić information content (AvgIpc) is 3.06. The van der Waals surface area contributed by atoms with Crippen LogP contribution < -0.4 is 0 Å². The van der Waals surface area contributed by atoms with Crippen LogP contribution in [0.1, 0.15) is 29.3 Å². The van der Waals surface area contributed by atoms with Crippen LogP contribution in [0, 0.1) is 6.92 Å². The number of rotatable bonds is 5. The van der Waals surface area contributed by atoms with Gasteiger partial charge in [0.2, 0.25) is 0 Å². The normalized spacial score (nSPS) is 11.5. The first-order chi connectivity index (χ1) is 13.5. The monoisotopic (exact) mass is 442 g/mol. The highest BCUT2D eigenvalue weighted by Gasteiger charge is 2.21. The molecule has 0 bridgehead atoms. The Morgan fingerprint density at radius 3 is 2.57 bits per heavy atom. The van der Waals surface area contributed by atoms with Crippen LogP contribution in [-0.2, 0) is 12.8 Å². The first-order valence-corrected chi connectivity index (χ1v) is 9.65. The molecule has 2 aromatic carbocycles. The van der Waals surface area contributed by atoms with E-state index in [1.807, 2.05) is 12.1 Å². The molecule has 142 valence electrons. The lowest BCUT2D eigenvalue weighted by molar-refractivity contribution is 0.139. The van der Waals surface area contributed by atoms with Crippen LogP contribution in [-0.4, -0.2) is 19.5 Å². The van der Waals surface area contributed by atoms with E-state index in [1.54, 1.807) is 37.3 Å². The Hall–Kier alpha value is -2.67. The molecule has 0 fully saturated rings. The summed E-state index contributed by atoms with van der Waals surface area (Å²) >= 11 is 3.48. The van der Waals surface area contributed by atoms with E-state index in [1.165, 1.54) is 10.1 Å². The van der Waals surface area contributed by atoms with Crippen molar-refractivity contribution in [3.63, 3.8) is 0 Å². The van der Waals surface area contributed by atoms with Crippen LogP contribution in [0.4, 0.5) is 8.78 Å². The molecule has 0 N–H and O–H groups in total. The van der Waals surface area contributed by atoms with Crippen molar-refractivity contribution in [2.24, 2.45) is 0 Å². The number of aromatic nitrogens is 4. The first-order valence-electron chi connectivity index (χ1n) is 8.86. The Balaban J connectivity index is 1.73. The second kappa shape index (κ2) is 7.75. The molecule has 0 radical (unpaired) electrons. The van der Waals surface area contributed by atoms with Crippen LogP contribution >= 0.6 is 15.9 Å². The van der Waals surface area contributed by atoms with Gasteiger partial charge in [-0.15, -0.1) is 0 Å². The third-order valence-corrected chi connectivity index (χ3v) is 4.94. The Labute approximate surface area is 169 Å². The molecular formula is C21H17BrF2N4. The number of imidazole rings is 1. The predicted octanol–water partition coefficient (Wildman–Crippen LogP) is 5.61. The summed E-state index contributed by atoms with van der Waals surface area (Å²) in [5.41, 5.74) is 3.10. The third kappa shape index (κ3) is 3.80. The Morgan fingerprint density at radius 1 is 0.964 bits per heavy atom. The van der Waals surface area contributed by atoms with Gasteiger partial charge in [-0.25, -0.2) is 23.7 Å². The van der Waals surface area contributed by atoms with Gasteiger partial charge in [0.25, 0.3) is 6.43 Å². The van der Waals surface area contributed by atoms with E-state index in [4.69, 9.17) is 0 Å². The number of benzene rings is 2. The minimum absolute atomic E-state index is 0.308. The minimum Gasteiger partial charge on any atom is -0.275 e. The lowest BCUT2D eigenvalue weighted by atomic mass is 10.1. The molecule has 2 aromatic heterocycles. The molecule has 0 saturated heterocycles. The lowest BCUT2D eigenvalue weighted by Gasteiger charge is -2.11. The highest BCUT2D eigenvalue weighted by atomic mass is 79.9. The second-order valence-corrected chi connectivity index (χ2v) is 7.41. The molecule has 0 saturated carbocycles. The van der Waals surface area contributed by atoms with E-state index >= 15 is 0 Å². The molecule has 4 nitrogen and oxygen atoms in total. The molecule has 0 spiro atoms. The van der Waals surface area contributed by atoms with Crippen LogP contribution in [0.5, 0.6) is 0 Å². The van der Waals surface area contributed by atoms with Crippen molar-refractivity contribution in [3.8, 4) is 5.82 Å². The fourth-order valence-corrected chi connectivity index (χ4v) is 3.70. The van der Waals surface area contributed by atoms with E-state index in [-0.39, 0.29) is 5.82 Å². The molecule has 7 heteroatoms. The zero-order valence-corrected chi connectivity index (χ0v) is 16.7. The van der Waals surface area contributed by atoms with E-state index in [2.05, 4.69) is 43.0 Å². The lowest BCUT2D eigenvalue weighted by Crippen LogP contribution is -2.08. The summed E-state index contributed by atoms with van der Waals surface area (Å²) in [5, 5.41) is 0. The number of alkyl halides is 2. The van der Waals surface area contributed by atoms with Crippen LogP contribution in [0.25, 0.3) is 16.9 Å². The van der Waals surface area contributed by atoms with Gasteiger partial charge in [0.15, 0.2) is 5.82 Å². The number of nitrogens with zero attached hydrogens (tertiary/aromatic N) is 4. The zero-order valence-electron chi connectivity index (χ0n) is 15.1. The van der Waals surface area contributed by atoms with E-state index in [0.717, 1.165) is 16.6 Å². The Bertz CT molecular complexity index is 1140. The molecule has 0 aliphatic heterocycles. The maximum absolute atomic E-state index is 13.6. The van der Waals surface area contributed by atoms with Gasteiger partial charge in [-0.3, -0.25) is 4.57 Å². The summed E-state index contributed by atoms with van der Waals surface area (Å²) in [4.78, 5) is 13.0. The molecule has 4 rings (SSSR count). The molecular weight excluding hydrogens is 426 g/mol. The molecule has 28 heavy (non-hydrogen) atoms. The molecule has 0 aliphatic rings. The predicted molar refractivity (Wildman–Crippen MR) is 108 cm³/mol. The first kappa shape index (κ1) is 18.7. The van der Waals surface area contributed by atoms with Gasteiger partial charge in [0.05, 0.1) is 11.0 Å². The van der Waals surface area contributed by atoms with Gasteiger partial charge in [0.1, 0.15) is 11.6 Å². The summed E-state index contributed by atoms with van der Waals surface area (Å²) in [6.45, 7) is 1.77. The number of para-hydroxylation sites is 2. The van der Waals surface area contributed by atoms with E-state index < -0.39 is 6.43 Å². The molecule has 0 aliphatic carbocycles. The third-order valence-electron chi connectivity index (χ3n) is 4.45. The fraction of sp³-hybridized carbons (Fsp3) is 0.190. The summed E-state index contributed by atoms with van der Waals surface area (Å²) in [6.07, 6.45) is -1.22. The van der Waals surface area contributed by atoms with E-state index in [0.29, 0.717) is 29.1 Å². The van der Waals surface area contributed by atoms with Gasteiger partial charge >= 0.3 is 0 Å². The maximum Gasteiger partial charge on any atom is 0.296 e. The number of fused-ring (bicyclic) bond motifs is 1. The van der Waals surface area contributed by atoms with Gasteiger partial charge in [-0.05, 0) is 49.6 Å². The zero-order chi connectivity index (χ0) is 19.7. The van der Waals surface area contributed by atoms with Crippen molar-refractivity contribution >= 4 is 27.0 Å². The minimum atomic E-state index is -2.70. The number of aryl methyl sites for hydroxylation is 3. The topological polar surface area (TPSA) is 43.6 Å². The standard InChI is InChI=1S/C21H17BrF2N4/c1-13-25-16(10-9-14-5-4-6-15(22)11-14)12-19(26-13)28-18-8-3-2-7-17(18)27-21(28)20(23)24/h2-8,11-12,20H,9-10H2,1H3. The van der Waals surface area contributed by atoms with Crippen molar-refractivity contribution < 1.29 is 8.78 Å². The second-order valence-electron chi connectivity index (χ2n) is 6.49. The molecule has 4 aromatic rings. The van der Waals surface area contributed by atoms with Crippen molar-refractivity contribution in [2.75, 3.05) is 0 Å². The largest absolute Gasteiger partial charge is 0.296 e. The highest BCUT2D eigenvalue weighted by Crippen LogP contribution is 2.27. The molecule has 0 amide bonds. The molecule has 0 atom stereocenters. The number of halogens is 3. The van der Waals surface area contributed by atoms with Gasteiger partial charge in [-0.1, -0.05) is 40.2 Å². The van der Waals surface area contributed by atoms with Crippen LogP contribution in [0.15, 0.2) is 59.1 Å². The Morgan fingerprint density at radius 2 is 1.79 bits per heavy atom. The number of hydrogen-bond donors (Lipinski definition) is 0. The fourth-order valence-electron chi connectivity index (χ4n) is 3.25. The van der Waals surface area contributed by atoms with Crippen molar-refractivity contribution in [2.45, 2.75) is 26.2 Å². The summed E-state index contributed by atoms with van der Waals surface area (Å²) in [6, 6.07) is 16.9.